The zero-order chi connectivity index (χ0) is 76.1. The number of aliphatic hydroxyl groups is 2. The predicted octanol–water partition coefficient (Wildman–Crippen LogP) is 8.41. The van der Waals surface area contributed by atoms with Crippen molar-refractivity contribution in [1.82, 2.24) is 30.3 Å². The fourth-order valence-electron chi connectivity index (χ4n) is 23.4. The second kappa shape index (κ2) is 26.6. The van der Waals surface area contributed by atoms with E-state index in [1.807, 2.05) is 38.4 Å². The van der Waals surface area contributed by atoms with Crippen LogP contribution in [0.15, 0.2) is 127 Å². The molecule has 10 aliphatic heterocycles. The molecule has 3 unspecified atom stereocenters. The van der Waals surface area contributed by atoms with Crippen LogP contribution in [0.4, 0.5) is 11.4 Å². The molecule has 4 fully saturated rings. The van der Waals surface area contributed by atoms with E-state index in [1.165, 1.54) is 26.5 Å². The van der Waals surface area contributed by atoms with Crippen molar-refractivity contribution in [3.63, 3.8) is 0 Å². The number of esters is 3. The van der Waals surface area contributed by atoms with Gasteiger partial charge in [-0.15, -0.1) is 0 Å². The Balaban J connectivity index is 0.000000177. The smallest absolute Gasteiger partial charge is 0.322 e. The maximum Gasteiger partial charge on any atom is 0.322 e. The predicted molar refractivity (Wildman–Crippen MR) is 406 cm³/mol. The van der Waals surface area contributed by atoms with E-state index in [0.717, 1.165) is 102 Å². The van der Waals surface area contributed by atoms with Crippen molar-refractivity contribution in [2.45, 2.75) is 143 Å². The summed E-state index contributed by atoms with van der Waals surface area (Å²) in [6, 6.07) is 27.2. The molecular weight excluding hydrogens is 1390 g/mol. The summed E-state index contributed by atoms with van der Waals surface area (Å²) in [5.74, 6) is 1.24. The van der Waals surface area contributed by atoms with Gasteiger partial charge in [0.05, 0.1) is 46.5 Å². The average Bonchev–Trinajstić information content (AvgIpc) is 1.50. The van der Waals surface area contributed by atoms with Crippen LogP contribution >= 0.6 is 0 Å². The van der Waals surface area contributed by atoms with Gasteiger partial charge in [0.2, 0.25) is 13.6 Å². The van der Waals surface area contributed by atoms with E-state index < -0.39 is 80.4 Å². The number of carbonyl (C=O) groups is 5. The van der Waals surface area contributed by atoms with Crippen molar-refractivity contribution in [3.8, 4) is 34.5 Å². The van der Waals surface area contributed by atoms with Gasteiger partial charge in [0.1, 0.15) is 40.3 Å². The van der Waals surface area contributed by atoms with Crippen LogP contribution in [0, 0.1) is 16.7 Å². The van der Waals surface area contributed by atoms with E-state index in [2.05, 4.69) is 122 Å². The second-order valence-electron chi connectivity index (χ2n) is 32.1. The van der Waals surface area contributed by atoms with Crippen molar-refractivity contribution >= 4 is 52.0 Å². The van der Waals surface area contributed by atoms with Gasteiger partial charge in [-0.3, -0.25) is 38.7 Å². The third-order valence-electron chi connectivity index (χ3n) is 27.2. The molecule has 5 aromatic carbocycles. The molecule has 11 heterocycles. The zero-order valence-electron chi connectivity index (χ0n) is 63.7. The number of carbonyl (C=O) groups excluding carboxylic acids is 5. The highest BCUT2D eigenvalue weighted by Crippen LogP contribution is 2.70. The molecule has 2 saturated carbocycles. The summed E-state index contributed by atoms with van der Waals surface area (Å²) >= 11 is 0. The van der Waals surface area contributed by atoms with E-state index in [1.54, 1.807) is 50.6 Å². The number of aromatic nitrogens is 1. The molecule has 24 nitrogen and oxygen atoms in total. The van der Waals surface area contributed by atoms with Gasteiger partial charge in [-0.2, -0.15) is 0 Å². The third kappa shape index (κ3) is 10.4. The molecule has 15 atom stereocenters. The number of anilines is 2. The minimum atomic E-state index is -1.85. The van der Waals surface area contributed by atoms with Crippen molar-refractivity contribution in [2.75, 3.05) is 118 Å². The summed E-state index contributed by atoms with van der Waals surface area (Å²) in [5, 5.41) is 34.4. The van der Waals surface area contributed by atoms with E-state index >= 15 is 4.79 Å². The Morgan fingerprint density at radius 1 is 0.624 bits per heavy atom. The molecule has 2 aliphatic carbocycles. The van der Waals surface area contributed by atoms with Gasteiger partial charge in [0.15, 0.2) is 23.0 Å². The highest BCUT2D eigenvalue weighted by molar-refractivity contribution is 5.97. The van der Waals surface area contributed by atoms with Gasteiger partial charge < -0.3 is 78.3 Å². The SMILES string of the molecule is CCC1=C[C@@H]2CN(CCc3c([nH]c4ccccc34)[C@@](C(=O)OC)(c3cc4c(cc3OC)N(C)[C@H]3[C@@](O)(CNC(=O)c5ccc6c(c5)OCO6)[C@H](OC(C)=O)[C@]5(CC)C=CCN6CC[C@]43C65)C2)C1.CC[C@]12C=CCN3CC[C@@]4(c5ccc(OC)cc5N(C)[C@H]4[C@@](O)(CNC(=O)c4ccc5c(c4)OCO5)[C@@H]1OC(C)=O)C32. The highest BCUT2D eigenvalue weighted by atomic mass is 16.7. The number of H-pyrrole nitrogens is 1. The van der Waals surface area contributed by atoms with Crippen LogP contribution in [0.3, 0.4) is 0 Å². The van der Waals surface area contributed by atoms with Crippen LogP contribution in [-0.4, -0.2) is 215 Å². The monoisotopic (exact) mass is 1490 g/mol. The number of benzene rings is 5. The van der Waals surface area contributed by atoms with Crippen LogP contribution in [0.25, 0.3) is 10.9 Å². The van der Waals surface area contributed by atoms with Crippen LogP contribution in [0.5, 0.6) is 34.5 Å². The largest absolute Gasteiger partial charge is 0.497 e. The molecule has 1 aromatic heterocycles. The van der Waals surface area contributed by atoms with E-state index in [4.69, 9.17) is 42.6 Å². The van der Waals surface area contributed by atoms with Crippen LogP contribution in [0.2, 0.25) is 0 Å². The maximum atomic E-state index is 15.5. The lowest BCUT2D eigenvalue weighted by Crippen LogP contribution is -2.81. The van der Waals surface area contributed by atoms with Crippen molar-refractivity contribution in [1.29, 1.82) is 0 Å². The number of nitrogens with zero attached hydrogens (tertiary/aromatic N) is 5. The number of nitrogens with one attached hydrogen (secondary N) is 3. The van der Waals surface area contributed by atoms with Crippen molar-refractivity contribution in [3.05, 3.63) is 166 Å². The summed E-state index contributed by atoms with van der Waals surface area (Å²) < 4.78 is 52.7. The van der Waals surface area contributed by atoms with E-state index in [-0.39, 0.29) is 56.6 Å². The van der Waals surface area contributed by atoms with Crippen LogP contribution < -0.4 is 48.9 Å². The number of ether oxygens (including phenoxy) is 9. The molecule has 6 aromatic rings. The Morgan fingerprint density at radius 2 is 1.18 bits per heavy atom. The molecule has 109 heavy (non-hydrogen) atoms. The van der Waals surface area contributed by atoms with E-state index in [9.17, 15) is 29.4 Å². The average molecular weight is 1490 g/mol. The summed E-state index contributed by atoms with van der Waals surface area (Å²) in [5.41, 5.74) is 1.91. The lowest BCUT2D eigenvalue weighted by Gasteiger charge is -2.64. The van der Waals surface area contributed by atoms with Gasteiger partial charge in [0, 0.05) is 151 Å². The molecule has 574 valence electrons. The normalized spacial score (nSPS) is 32.7. The molecule has 12 aliphatic rings. The Kier molecular flexibility index (Phi) is 17.6. The Bertz CT molecular complexity index is 4830. The fraction of sp³-hybridized carbons (Fsp3) is 0.494. The Morgan fingerprint density at radius 3 is 1.72 bits per heavy atom. The Labute approximate surface area is 634 Å². The van der Waals surface area contributed by atoms with Gasteiger partial charge in [-0.1, -0.05) is 81.0 Å². The van der Waals surface area contributed by atoms with E-state index in [0.29, 0.717) is 84.2 Å². The summed E-state index contributed by atoms with van der Waals surface area (Å²) in [4.78, 5) is 84.9. The number of amides is 2. The molecule has 18 rings (SSSR count). The first-order chi connectivity index (χ1) is 52.5. The fourth-order valence-corrected chi connectivity index (χ4v) is 23.4. The number of methoxy groups -OCH3 is 3. The first-order valence-corrected chi connectivity index (χ1v) is 38.5. The van der Waals surface area contributed by atoms with Gasteiger partial charge in [0.25, 0.3) is 11.8 Å². The first-order valence-electron chi connectivity index (χ1n) is 38.5. The highest BCUT2D eigenvalue weighted by Gasteiger charge is 2.80. The maximum absolute atomic E-state index is 15.5. The number of para-hydroxylation sites is 1. The summed E-state index contributed by atoms with van der Waals surface area (Å²) in [6.45, 7) is 14.5. The molecule has 2 amide bonds. The number of likely N-dealkylation sites (N-methyl/N-ethyl adjacent to an activating group) is 2. The third-order valence-corrected chi connectivity index (χ3v) is 27.2. The lowest BCUT2D eigenvalue weighted by atomic mass is 9.47. The molecule has 0 radical (unpaired) electrons. The molecular formula is C85H98N8O16. The minimum absolute atomic E-state index is 0.0162. The summed E-state index contributed by atoms with van der Waals surface area (Å²) in [6.07, 6.45) is 13.7. The second-order valence-corrected chi connectivity index (χ2v) is 32.1. The number of hydrogen-bond acceptors (Lipinski definition) is 21. The number of rotatable bonds is 15. The molecule has 2 saturated heterocycles. The van der Waals surface area contributed by atoms with Gasteiger partial charge in [-0.05, 0) is 135 Å². The summed E-state index contributed by atoms with van der Waals surface area (Å²) in [7, 11) is 8.74. The van der Waals surface area contributed by atoms with Crippen LogP contribution in [0.1, 0.15) is 122 Å². The molecule has 2 spiro atoms. The zero-order valence-corrected chi connectivity index (χ0v) is 63.7. The van der Waals surface area contributed by atoms with Gasteiger partial charge >= 0.3 is 17.9 Å². The molecule has 24 heteroatoms. The van der Waals surface area contributed by atoms with Crippen molar-refractivity contribution < 1.29 is 76.8 Å². The van der Waals surface area contributed by atoms with Crippen LogP contribution in [-0.2, 0) is 51.3 Å². The van der Waals surface area contributed by atoms with Gasteiger partial charge in [-0.25, -0.2) is 0 Å². The first kappa shape index (κ1) is 72.3. The Hall–Kier alpha value is -9.59. The standard InChI is InChI=1S/C53H61N5O9.C32H37N3O7/c1-7-32-22-33-26-52(49(61)64-6,44-36(16-20-57(27-32)28-33)35-12-9-10-13-39(35)55-44)38-24-37-40(25-42(38)63-5)56(4)47-51(37)18-21-58-19-11-17-50(8-2,46(51)58)48(67-31(3)59)53(47,62)29-54-45(60)34-14-15-41-43(23-34)66-30-65-41;1-5-30-11-6-13-35-14-12-31(27(30)35)22-9-8-21(39-4)16-23(22)34(3)28(31)32(38,29(30)42-19(2)36)17-33-26(37)20-7-10-24-25(15-20)41-18-40-24/h9-15,17,22-25,33,46-48,55,62H,7-8,16,18-21,26-30H2,1-6H3,(H,54,60);6-11,15-16,27-29,38H,5,12-14,17-18H2,1-4H3,(H,33,37)/t33-,46?,47+,48+,50+,51+,52-,53-;27?,28-,29-,30-,31-,32+/m01/s1. The quantitative estimate of drug-likeness (QED) is 0.0367. The molecule has 5 N–H and O–H groups in total. The molecule has 2 bridgehead atoms. The lowest BCUT2D eigenvalue weighted by molar-refractivity contribution is -0.216. The van der Waals surface area contributed by atoms with Crippen molar-refractivity contribution in [2.24, 2.45) is 16.7 Å². The number of fused-ring (bicyclic) bond motifs is 9. The number of aromatic amines is 1. The minimum Gasteiger partial charge on any atom is -0.497 e. The topological polar surface area (TPSA) is 265 Å². The number of hydrogen-bond donors (Lipinski definition) is 5.